The molecule has 1 aromatic heterocycles. The fraction of sp³-hybridized carbons (Fsp3) is 0.667. The third-order valence-corrected chi connectivity index (χ3v) is 4.71. The number of hydrogen-bond acceptors (Lipinski definition) is 3. The fourth-order valence-corrected chi connectivity index (χ4v) is 3.45. The monoisotopic (exact) mass is 335 g/mol. The van der Waals surface area contributed by atoms with Crippen LogP contribution in [-0.2, 0) is 18.3 Å². The molecule has 1 aromatic rings. The molecule has 1 saturated heterocycles. The minimum Gasteiger partial charge on any atom is -0.478 e. The number of rotatable bonds is 7. The fourth-order valence-electron chi connectivity index (χ4n) is 3.45. The first-order chi connectivity index (χ1) is 11.5. The number of carboxylic acid groups (broad SMARTS) is 1. The molecule has 0 aromatic carbocycles. The maximum atomic E-state index is 12.1. The van der Waals surface area contributed by atoms with E-state index in [1.54, 1.807) is 24.7 Å². The van der Waals surface area contributed by atoms with Crippen LogP contribution in [0.25, 0.3) is 0 Å². The van der Waals surface area contributed by atoms with Crippen LogP contribution in [0.5, 0.6) is 0 Å². The molecule has 1 aliphatic heterocycles. The summed E-state index contributed by atoms with van der Waals surface area (Å²) in [6, 6.07) is 0. The van der Waals surface area contributed by atoms with Crippen LogP contribution in [0, 0.1) is 6.92 Å². The van der Waals surface area contributed by atoms with Crippen molar-refractivity contribution in [3.63, 3.8) is 0 Å². The maximum absolute atomic E-state index is 12.1. The van der Waals surface area contributed by atoms with Crippen molar-refractivity contribution >= 4 is 11.9 Å². The Labute approximate surface area is 143 Å². The molecular formula is C18H29N3O3. The zero-order chi connectivity index (χ0) is 17.5. The molecule has 0 spiro atoms. The van der Waals surface area contributed by atoms with Gasteiger partial charge in [-0.05, 0) is 51.4 Å². The lowest BCUT2D eigenvalue weighted by Crippen LogP contribution is -2.31. The van der Waals surface area contributed by atoms with Gasteiger partial charge in [-0.2, -0.15) is 0 Å². The molecule has 1 aliphatic rings. The minimum atomic E-state index is -0.975. The van der Waals surface area contributed by atoms with Crippen LogP contribution in [0.3, 0.4) is 0 Å². The van der Waals surface area contributed by atoms with Crippen LogP contribution in [0.1, 0.15) is 53.7 Å². The standard InChI is InChI=1S/C18H29N3O3/c1-14-13-20(2)15(17(14)18(23)24)12-16(22)19-8-7-11-21-9-5-3-4-6-10-21/h13H,3-12H2,1-2H3,(H,19,22)(H,23,24). The third kappa shape index (κ3) is 5.09. The minimum absolute atomic E-state index is 0.107. The Hall–Kier alpha value is -1.82. The van der Waals surface area contributed by atoms with Gasteiger partial charge in [0.05, 0.1) is 12.0 Å². The summed E-state index contributed by atoms with van der Waals surface area (Å²) in [4.78, 5) is 25.9. The molecule has 0 bridgehead atoms. The Morgan fingerprint density at radius 1 is 1.21 bits per heavy atom. The average Bonchev–Trinajstić information content (AvgIpc) is 2.70. The van der Waals surface area contributed by atoms with Gasteiger partial charge >= 0.3 is 5.97 Å². The summed E-state index contributed by atoms with van der Waals surface area (Å²) in [6.07, 6.45) is 8.00. The molecule has 1 amide bonds. The number of carbonyl (C=O) groups is 2. The second-order valence-corrected chi connectivity index (χ2v) is 6.69. The summed E-state index contributed by atoms with van der Waals surface area (Å²) in [7, 11) is 1.78. The van der Waals surface area contributed by atoms with Crippen molar-refractivity contribution in [3.05, 3.63) is 23.0 Å². The van der Waals surface area contributed by atoms with Gasteiger partial charge in [-0.1, -0.05) is 12.8 Å². The number of nitrogens with one attached hydrogen (secondary N) is 1. The molecule has 2 rings (SSSR count). The highest BCUT2D eigenvalue weighted by molar-refractivity contribution is 5.92. The second-order valence-electron chi connectivity index (χ2n) is 6.69. The zero-order valence-corrected chi connectivity index (χ0v) is 14.8. The van der Waals surface area contributed by atoms with Crippen molar-refractivity contribution in [2.45, 2.75) is 45.4 Å². The van der Waals surface area contributed by atoms with Gasteiger partial charge in [0, 0.05) is 25.5 Å². The Kier molecular flexibility index (Phi) is 6.85. The van der Waals surface area contributed by atoms with Crippen molar-refractivity contribution in [1.82, 2.24) is 14.8 Å². The molecule has 24 heavy (non-hydrogen) atoms. The topological polar surface area (TPSA) is 74.6 Å². The molecule has 0 radical (unpaired) electrons. The summed E-state index contributed by atoms with van der Waals surface area (Å²) in [5.74, 6) is -1.09. The molecule has 0 aliphatic carbocycles. The molecule has 6 heteroatoms. The van der Waals surface area contributed by atoms with E-state index in [1.807, 2.05) is 0 Å². The van der Waals surface area contributed by atoms with E-state index in [0.717, 1.165) is 13.0 Å². The van der Waals surface area contributed by atoms with Gasteiger partial charge in [0.25, 0.3) is 0 Å². The van der Waals surface area contributed by atoms with E-state index in [4.69, 9.17) is 0 Å². The summed E-state index contributed by atoms with van der Waals surface area (Å²) < 4.78 is 1.73. The van der Waals surface area contributed by atoms with E-state index < -0.39 is 5.97 Å². The lowest BCUT2D eigenvalue weighted by atomic mass is 10.1. The highest BCUT2D eigenvalue weighted by Crippen LogP contribution is 2.16. The number of carbonyl (C=O) groups excluding carboxylic acids is 1. The van der Waals surface area contributed by atoms with Gasteiger partial charge in [-0.15, -0.1) is 0 Å². The number of aromatic nitrogens is 1. The molecular weight excluding hydrogens is 306 g/mol. The number of amides is 1. The SMILES string of the molecule is Cc1cn(C)c(CC(=O)NCCCN2CCCCCC2)c1C(=O)O. The smallest absolute Gasteiger partial charge is 0.337 e. The number of carboxylic acids is 1. The van der Waals surface area contributed by atoms with Crippen molar-refractivity contribution in [2.24, 2.45) is 7.05 Å². The van der Waals surface area contributed by atoms with E-state index in [9.17, 15) is 14.7 Å². The Morgan fingerprint density at radius 2 is 1.88 bits per heavy atom. The van der Waals surface area contributed by atoms with E-state index >= 15 is 0 Å². The molecule has 0 atom stereocenters. The summed E-state index contributed by atoms with van der Waals surface area (Å²) in [5, 5.41) is 12.2. The van der Waals surface area contributed by atoms with Crippen molar-refractivity contribution in [3.8, 4) is 0 Å². The first kappa shape index (κ1) is 18.5. The molecule has 0 unspecified atom stereocenters. The normalized spacial score (nSPS) is 15.9. The van der Waals surface area contributed by atoms with Gasteiger partial charge in [0.15, 0.2) is 0 Å². The molecule has 6 nitrogen and oxygen atoms in total. The van der Waals surface area contributed by atoms with Crippen LogP contribution in [0.2, 0.25) is 0 Å². The average molecular weight is 335 g/mol. The first-order valence-electron chi connectivity index (χ1n) is 8.86. The number of aromatic carboxylic acids is 1. The molecule has 1 fully saturated rings. The Bertz CT molecular complexity index is 572. The summed E-state index contributed by atoms with van der Waals surface area (Å²) >= 11 is 0. The van der Waals surface area contributed by atoms with Crippen LogP contribution in [-0.4, -0.2) is 52.6 Å². The van der Waals surface area contributed by atoms with Gasteiger partial charge < -0.3 is 19.9 Å². The lowest BCUT2D eigenvalue weighted by Gasteiger charge is -2.19. The van der Waals surface area contributed by atoms with Gasteiger partial charge in [-0.25, -0.2) is 4.79 Å². The van der Waals surface area contributed by atoms with Gasteiger partial charge in [0.2, 0.25) is 5.91 Å². The predicted molar refractivity (Wildman–Crippen MR) is 93.3 cm³/mol. The van der Waals surface area contributed by atoms with Crippen LogP contribution >= 0.6 is 0 Å². The number of likely N-dealkylation sites (tertiary alicyclic amines) is 1. The van der Waals surface area contributed by atoms with E-state index in [1.165, 1.54) is 38.8 Å². The maximum Gasteiger partial charge on any atom is 0.337 e. The van der Waals surface area contributed by atoms with Crippen LogP contribution in [0.15, 0.2) is 6.20 Å². The number of aryl methyl sites for hydroxylation is 2. The molecule has 2 N–H and O–H groups in total. The van der Waals surface area contributed by atoms with E-state index in [-0.39, 0.29) is 17.9 Å². The van der Waals surface area contributed by atoms with Gasteiger partial charge in [-0.3, -0.25) is 4.79 Å². The quantitative estimate of drug-likeness (QED) is 0.747. The first-order valence-corrected chi connectivity index (χ1v) is 8.86. The summed E-state index contributed by atoms with van der Waals surface area (Å²) in [5.41, 5.74) is 1.50. The highest BCUT2D eigenvalue weighted by Gasteiger charge is 2.19. The van der Waals surface area contributed by atoms with Crippen molar-refractivity contribution in [1.29, 1.82) is 0 Å². The third-order valence-electron chi connectivity index (χ3n) is 4.71. The number of nitrogens with zero attached hydrogens (tertiary/aromatic N) is 2. The second kappa shape index (κ2) is 8.87. The van der Waals surface area contributed by atoms with Crippen molar-refractivity contribution in [2.75, 3.05) is 26.2 Å². The van der Waals surface area contributed by atoms with Crippen LogP contribution in [0.4, 0.5) is 0 Å². The number of hydrogen-bond donors (Lipinski definition) is 2. The van der Waals surface area contributed by atoms with E-state index in [2.05, 4.69) is 10.2 Å². The Morgan fingerprint density at radius 3 is 2.50 bits per heavy atom. The molecule has 0 saturated carbocycles. The van der Waals surface area contributed by atoms with E-state index in [0.29, 0.717) is 17.8 Å². The highest BCUT2D eigenvalue weighted by atomic mass is 16.4. The predicted octanol–water partition coefficient (Wildman–Crippen LogP) is 1.96. The molecule has 2 heterocycles. The van der Waals surface area contributed by atoms with Crippen LogP contribution < -0.4 is 5.32 Å². The molecule has 134 valence electrons. The van der Waals surface area contributed by atoms with Crippen molar-refractivity contribution < 1.29 is 14.7 Å². The zero-order valence-electron chi connectivity index (χ0n) is 14.8. The summed E-state index contributed by atoms with van der Waals surface area (Å²) in [6.45, 7) is 5.74. The lowest BCUT2D eigenvalue weighted by molar-refractivity contribution is -0.120. The Balaban J connectivity index is 1.76. The largest absolute Gasteiger partial charge is 0.478 e. The van der Waals surface area contributed by atoms with Gasteiger partial charge in [0.1, 0.15) is 0 Å².